The number of anilines is 2. The first-order valence-corrected chi connectivity index (χ1v) is 9.02. The highest BCUT2D eigenvalue weighted by atomic mass is 16.3. The van der Waals surface area contributed by atoms with E-state index >= 15 is 0 Å². The molecule has 2 aromatic carbocycles. The number of rotatable bonds is 6. The van der Waals surface area contributed by atoms with Gasteiger partial charge in [-0.05, 0) is 57.1 Å². The third-order valence-electron chi connectivity index (χ3n) is 4.72. The number of hydrogen-bond acceptors (Lipinski definition) is 3. The minimum absolute atomic E-state index is 0.357. The number of benzene rings is 2. The molecule has 1 aliphatic heterocycles. The van der Waals surface area contributed by atoms with Crippen molar-refractivity contribution < 1.29 is 5.11 Å². The molecule has 2 aromatic rings. The van der Waals surface area contributed by atoms with Crippen LogP contribution in [0.25, 0.3) is 0 Å². The highest BCUT2D eigenvalue weighted by Crippen LogP contribution is 2.26. The number of para-hydroxylation sites is 1. The molecule has 24 heavy (non-hydrogen) atoms. The van der Waals surface area contributed by atoms with E-state index < -0.39 is 0 Å². The number of piperidine rings is 1. The van der Waals surface area contributed by atoms with E-state index in [-0.39, 0.29) is 6.10 Å². The molecular weight excluding hydrogens is 296 g/mol. The standard InChI is InChI=1S/C21H28N2O/c1-18-10-12-20(13-11-18)23(19-8-4-2-5-9-19)17-21(24)16-22-14-6-3-7-15-22/h2,4-5,8-13,21,24H,3,6-7,14-17H2,1H3/t21-/m0/s1. The van der Waals surface area contributed by atoms with Gasteiger partial charge < -0.3 is 14.9 Å². The van der Waals surface area contributed by atoms with E-state index in [1.54, 1.807) is 0 Å². The molecule has 3 heteroatoms. The largest absolute Gasteiger partial charge is 0.390 e. The lowest BCUT2D eigenvalue weighted by molar-refractivity contribution is 0.107. The first-order valence-electron chi connectivity index (χ1n) is 9.02. The van der Waals surface area contributed by atoms with Gasteiger partial charge in [-0.3, -0.25) is 0 Å². The molecule has 0 bridgehead atoms. The molecule has 128 valence electrons. The minimum Gasteiger partial charge on any atom is -0.390 e. The van der Waals surface area contributed by atoms with Crippen LogP contribution in [0.3, 0.4) is 0 Å². The molecule has 0 radical (unpaired) electrons. The Bertz CT molecular complexity index is 605. The molecule has 0 unspecified atom stereocenters. The lowest BCUT2D eigenvalue weighted by Gasteiger charge is -2.32. The Labute approximate surface area is 145 Å². The van der Waals surface area contributed by atoms with Crippen molar-refractivity contribution in [1.29, 1.82) is 0 Å². The van der Waals surface area contributed by atoms with Gasteiger partial charge in [0, 0.05) is 17.9 Å². The number of aryl methyl sites for hydroxylation is 1. The molecule has 1 aliphatic rings. The van der Waals surface area contributed by atoms with Gasteiger partial charge in [-0.2, -0.15) is 0 Å². The van der Waals surface area contributed by atoms with Gasteiger partial charge >= 0.3 is 0 Å². The monoisotopic (exact) mass is 324 g/mol. The van der Waals surface area contributed by atoms with E-state index in [2.05, 4.69) is 53.1 Å². The molecule has 1 saturated heterocycles. The number of likely N-dealkylation sites (tertiary alicyclic amines) is 1. The smallest absolute Gasteiger partial charge is 0.0845 e. The molecule has 3 rings (SSSR count). The van der Waals surface area contributed by atoms with Crippen molar-refractivity contribution in [3.8, 4) is 0 Å². The summed E-state index contributed by atoms with van der Waals surface area (Å²) < 4.78 is 0. The maximum atomic E-state index is 10.7. The summed E-state index contributed by atoms with van der Waals surface area (Å²) in [5, 5.41) is 10.7. The maximum Gasteiger partial charge on any atom is 0.0845 e. The average molecular weight is 324 g/mol. The van der Waals surface area contributed by atoms with Gasteiger partial charge in [0.25, 0.3) is 0 Å². The SMILES string of the molecule is Cc1ccc(N(C[C@@H](O)CN2CCCCC2)c2ccccc2)cc1. The second kappa shape index (κ2) is 8.32. The summed E-state index contributed by atoms with van der Waals surface area (Å²) in [7, 11) is 0. The van der Waals surface area contributed by atoms with Gasteiger partial charge in [0.15, 0.2) is 0 Å². The molecule has 0 saturated carbocycles. The Balaban J connectivity index is 1.73. The third kappa shape index (κ3) is 4.59. The fraction of sp³-hybridized carbons (Fsp3) is 0.429. The third-order valence-corrected chi connectivity index (χ3v) is 4.72. The molecule has 1 N–H and O–H groups in total. The highest BCUT2D eigenvalue weighted by Gasteiger charge is 2.18. The molecular formula is C21H28N2O. The average Bonchev–Trinajstić information content (AvgIpc) is 2.62. The molecule has 0 spiro atoms. The van der Waals surface area contributed by atoms with Crippen LogP contribution in [0, 0.1) is 6.92 Å². The van der Waals surface area contributed by atoms with Gasteiger partial charge in [-0.15, -0.1) is 0 Å². The topological polar surface area (TPSA) is 26.7 Å². The second-order valence-electron chi connectivity index (χ2n) is 6.80. The molecule has 1 fully saturated rings. The number of aliphatic hydroxyl groups excluding tert-OH is 1. The van der Waals surface area contributed by atoms with E-state index in [0.29, 0.717) is 6.54 Å². The van der Waals surface area contributed by atoms with Crippen LogP contribution in [0.15, 0.2) is 54.6 Å². The van der Waals surface area contributed by atoms with Crippen LogP contribution in [0.5, 0.6) is 0 Å². The molecule has 1 atom stereocenters. The van der Waals surface area contributed by atoms with Crippen LogP contribution in [-0.4, -0.2) is 42.3 Å². The molecule has 0 aromatic heterocycles. The lowest BCUT2D eigenvalue weighted by atomic mass is 10.1. The summed E-state index contributed by atoms with van der Waals surface area (Å²) in [4.78, 5) is 4.61. The van der Waals surface area contributed by atoms with Crippen LogP contribution < -0.4 is 4.90 Å². The summed E-state index contributed by atoms with van der Waals surface area (Å²) in [5.41, 5.74) is 3.50. The van der Waals surface area contributed by atoms with Crippen molar-refractivity contribution in [3.63, 3.8) is 0 Å². The van der Waals surface area contributed by atoms with Crippen molar-refractivity contribution in [2.45, 2.75) is 32.3 Å². The zero-order valence-corrected chi connectivity index (χ0v) is 14.6. The van der Waals surface area contributed by atoms with Crippen LogP contribution in [0.1, 0.15) is 24.8 Å². The number of hydrogen-bond donors (Lipinski definition) is 1. The predicted molar refractivity (Wildman–Crippen MR) is 101 cm³/mol. The van der Waals surface area contributed by atoms with E-state index in [1.165, 1.54) is 24.8 Å². The van der Waals surface area contributed by atoms with Gasteiger partial charge in [0.05, 0.1) is 12.6 Å². The number of nitrogens with zero attached hydrogens (tertiary/aromatic N) is 2. The Morgan fingerprint density at radius 2 is 1.54 bits per heavy atom. The zero-order valence-electron chi connectivity index (χ0n) is 14.6. The van der Waals surface area contributed by atoms with E-state index in [9.17, 15) is 5.11 Å². The van der Waals surface area contributed by atoms with Crippen molar-refractivity contribution in [2.24, 2.45) is 0 Å². The summed E-state index contributed by atoms with van der Waals surface area (Å²) in [6.07, 6.45) is 3.48. The number of aliphatic hydroxyl groups is 1. The van der Waals surface area contributed by atoms with Crippen LogP contribution >= 0.6 is 0 Å². The van der Waals surface area contributed by atoms with Gasteiger partial charge in [0.2, 0.25) is 0 Å². The summed E-state index contributed by atoms with van der Waals surface area (Å²) in [6.45, 7) is 5.71. The molecule has 0 aliphatic carbocycles. The quantitative estimate of drug-likeness (QED) is 0.870. The summed E-state index contributed by atoms with van der Waals surface area (Å²) in [5.74, 6) is 0. The Morgan fingerprint density at radius 1 is 0.917 bits per heavy atom. The number of β-amino-alcohol motifs (C(OH)–C–C–N with tert-alkyl or cyclic N) is 1. The van der Waals surface area contributed by atoms with E-state index in [1.807, 2.05) is 18.2 Å². The molecule has 1 heterocycles. The zero-order chi connectivity index (χ0) is 16.8. The fourth-order valence-electron chi connectivity index (χ4n) is 3.40. The normalized spacial score (nSPS) is 16.8. The fourth-order valence-corrected chi connectivity index (χ4v) is 3.40. The Hall–Kier alpha value is -1.84. The van der Waals surface area contributed by atoms with E-state index in [4.69, 9.17) is 0 Å². The van der Waals surface area contributed by atoms with Gasteiger partial charge in [-0.1, -0.05) is 42.3 Å². The Kier molecular flexibility index (Phi) is 5.89. The summed E-state index contributed by atoms with van der Waals surface area (Å²) in [6, 6.07) is 18.9. The highest BCUT2D eigenvalue weighted by molar-refractivity contribution is 5.63. The van der Waals surface area contributed by atoms with Crippen molar-refractivity contribution in [1.82, 2.24) is 4.90 Å². The van der Waals surface area contributed by atoms with Crippen LogP contribution in [-0.2, 0) is 0 Å². The van der Waals surface area contributed by atoms with Crippen molar-refractivity contribution in [3.05, 3.63) is 60.2 Å². The molecule has 0 amide bonds. The Morgan fingerprint density at radius 3 is 2.21 bits per heavy atom. The lowest BCUT2D eigenvalue weighted by Crippen LogP contribution is -2.41. The maximum absolute atomic E-state index is 10.7. The van der Waals surface area contributed by atoms with Crippen LogP contribution in [0.2, 0.25) is 0 Å². The second-order valence-corrected chi connectivity index (χ2v) is 6.80. The first-order chi connectivity index (χ1) is 11.7. The minimum atomic E-state index is -0.357. The van der Waals surface area contributed by atoms with Gasteiger partial charge in [-0.25, -0.2) is 0 Å². The van der Waals surface area contributed by atoms with Crippen LogP contribution in [0.4, 0.5) is 11.4 Å². The van der Waals surface area contributed by atoms with Crippen molar-refractivity contribution in [2.75, 3.05) is 31.1 Å². The molecule has 3 nitrogen and oxygen atoms in total. The summed E-state index contributed by atoms with van der Waals surface area (Å²) >= 11 is 0. The van der Waals surface area contributed by atoms with Gasteiger partial charge in [0.1, 0.15) is 0 Å². The van der Waals surface area contributed by atoms with E-state index in [0.717, 1.165) is 31.0 Å². The first kappa shape index (κ1) is 17.0. The predicted octanol–water partition coefficient (Wildman–Crippen LogP) is 3.98. The van der Waals surface area contributed by atoms with Crippen molar-refractivity contribution >= 4 is 11.4 Å².